The van der Waals surface area contributed by atoms with Crippen molar-refractivity contribution >= 4 is 12.1 Å². The first-order valence-corrected chi connectivity index (χ1v) is 11.5. The maximum atomic E-state index is 13.4. The van der Waals surface area contributed by atoms with Crippen LogP contribution in [0.25, 0.3) is 11.1 Å². The number of amides is 1. The van der Waals surface area contributed by atoms with Crippen molar-refractivity contribution in [3.63, 3.8) is 0 Å². The first kappa shape index (κ1) is 20.1. The van der Waals surface area contributed by atoms with Gasteiger partial charge in [-0.15, -0.1) is 0 Å². The molecule has 0 aromatic heterocycles. The molecule has 31 heavy (non-hydrogen) atoms. The summed E-state index contributed by atoms with van der Waals surface area (Å²) in [4.78, 5) is 27.5. The number of aliphatic carboxylic acids is 1. The molecular formula is C26H29NO4. The molecule has 3 aliphatic rings. The van der Waals surface area contributed by atoms with Crippen LogP contribution in [-0.2, 0) is 9.53 Å². The first-order chi connectivity index (χ1) is 15.1. The molecule has 2 unspecified atom stereocenters. The van der Waals surface area contributed by atoms with Gasteiger partial charge in [-0.25, -0.2) is 9.59 Å². The number of hydrogen-bond acceptors (Lipinski definition) is 3. The predicted molar refractivity (Wildman–Crippen MR) is 118 cm³/mol. The average Bonchev–Trinajstić information content (AvgIpc) is 3.43. The Kier molecular flexibility index (Phi) is 4.99. The predicted octanol–water partition coefficient (Wildman–Crippen LogP) is 5.43. The Morgan fingerprint density at radius 2 is 1.65 bits per heavy atom. The summed E-state index contributed by atoms with van der Waals surface area (Å²) >= 11 is 0. The molecular weight excluding hydrogens is 390 g/mol. The largest absolute Gasteiger partial charge is 0.479 e. The molecule has 5 nitrogen and oxygen atoms in total. The van der Waals surface area contributed by atoms with E-state index in [1.165, 1.54) is 11.1 Å². The van der Waals surface area contributed by atoms with Gasteiger partial charge in [0.2, 0.25) is 0 Å². The van der Waals surface area contributed by atoms with Gasteiger partial charge in [0.25, 0.3) is 0 Å². The minimum absolute atomic E-state index is 0.0149. The second-order valence-corrected chi connectivity index (χ2v) is 9.13. The fourth-order valence-corrected chi connectivity index (χ4v) is 5.94. The molecule has 2 saturated carbocycles. The molecule has 1 amide bonds. The van der Waals surface area contributed by atoms with Crippen LogP contribution in [0.5, 0.6) is 0 Å². The smallest absolute Gasteiger partial charge is 0.411 e. The van der Waals surface area contributed by atoms with Crippen molar-refractivity contribution in [3.05, 3.63) is 59.7 Å². The van der Waals surface area contributed by atoms with Crippen LogP contribution < -0.4 is 0 Å². The summed E-state index contributed by atoms with van der Waals surface area (Å²) in [5.74, 6) is -0.924. The number of carboxylic acids is 1. The van der Waals surface area contributed by atoms with Crippen LogP contribution >= 0.6 is 0 Å². The number of benzene rings is 2. The second-order valence-electron chi connectivity index (χ2n) is 9.13. The summed E-state index contributed by atoms with van der Waals surface area (Å²) in [6.07, 6.45) is 4.21. The van der Waals surface area contributed by atoms with Crippen LogP contribution in [0.15, 0.2) is 48.5 Å². The van der Waals surface area contributed by atoms with E-state index in [0.29, 0.717) is 6.42 Å². The molecule has 1 N–H and O–H groups in total. The molecule has 3 aliphatic carbocycles. The lowest BCUT2D eigenvalue weighted by molar-refractivity contribution is -0.154. The van der Waals surface area contributed by atoms with E-state index in [1.807, 2.05) is 31.2 Å². The van der Waals surface area contributed by atoms with Crippen LogP contribution in [0.4, 0.5) is 4.79 Å². The number of carbonyl (C=O) groups excluding carboxylic acids is 1. The Bertz CT molecular complexity index is 968. The summed E-state index contributed by atoms with van der Waals surface area (Å²) in [7, 11) is 0. The molecule has 0 radical (unpaired) electrons. The molecule has 0 spiro atoms. The number of hydrogen-bond donors (Lipinski definition) is 1. The van der Waals surface area contributed by atoms with Crippen molar-refractivity contribution in [2.75, 3.05) is 6.61 Å². The van der Waals surface area contributed by atoms with Crippen molar-refractivity contribution in [1.82, 2.24) is 4.90 Å². The lowest BCUT2D eigenvalue weighted by Gasteiger charge is -2.41. The number of carbonyl (C=O) groups is 2. The number of rotatable bonds is 6. The minimum Gasteiger partial charge on any atom is -0.479 e. The SMILES string of the molecule is CCC1CCCC1(C(=O)O)N(C(=O)OCC1c2ccccc2-c2ccccc21)C1CC1. The Morgan fingerprint density at radius 1 is 1.03 bits per heavy atom. The fraction of sp³-hybridized carbons (Fsp3) is 0.462. The minimum atomic E-state index is -1.13. The molecule has 5 rings (SSSR count). The van der Waals surface area contributed by atoms with Crippen molar-refractivity contribution in [3.8, 4) is 11.1 Å². The molecule has 0 aliphatic heterocycles. The third-order valence-electron chi connectivity index (χ3n) is 7.52. The van der Waals surface area contributed by atoms with E-state index in [2.05, 4.69) is 24.3 Å². The van der Waals surface area contributed by atoms with Gasteiger partial charge in [0.1, 0.15) is 12.1 Å². The van der Waals surface area contributed by atoms with Crippen LogP contribution in [0, 0.1) is 5.92 Å². The van der Waals surface area contributed by atoms with Gasteiger partial charge >= 0.3 is 12.1 Å². The lowest BCUT2D eigenvalue weighted by Crippen LogP contribution is -2.60. The second kappa shape index (κ2) is 7.70. The van der Waals surface area contributed by atoms with Gasteiger partial charge in [0.05, 0.1) is 0 Å². The number of fused-ring (bicyclic) bond motifs is 3. The van der Waals surface area contributed by atoms with E-state index >= 15 is 0 Å². The van der Waals surface area contributed by atoms with Crippen molar-refractivity contribution in [2.45, 2.75) is 62.9 Å². The highest BCUT2D eigenvalue weighted by molar-refractivity contribution is 5.86. The summed E-state index contributed by atoms with van der Waals surface area (Å²) in [5.41, 5.74) is 3.56. The normalized spacial score (nSPS) is 24.5. The zero-order valence-electron chi connectivity index (χ0n) is 17.9. The van der Waals surface area contributed by atoms with Gasteiger partial charge in [-0.05, 0) is 53.9 Å². The van der Waals surface area contributed by atoms with Gasteiger partial charge in [-0.3, -0.25) is 4.90 Å². The van der Waals surface area contributed by atoms with Crippen LogP contribution in [-0.4, -0.2) is 40.3 Å². The van der Waals surface area contributed by atoms with Crippen molar-refractivity contribution < 1.29 is 19.4 Å². The van der Waals surface area contributed by atoms with E-state index in [9.17, 15) is 14.7 Å². The molecule has 2 aromatic carbocycles. The monoisotopic (exact) mass is 419 g/mol. The van der Waals surface area contributed by atoms with Gasteiger partial charge < -0.3 is 9.84 Å². The zero-order valence-corrected chi connectivity index (χ0v) is 17.9. The Labute approximate surface area is 183 Å². The molecule has 0 saturated heterocycles. The maximum Gasteiger partial charge on any atom is 0.411 e. The standard InChI is InChI=1S/C26H29NO4/c1-2-17-8-7-15-26(17,24(28)29)27(18-13-14-18)25(30)31-16-23-21-11-5-3-9-19(21)20-10-4-6-12-22(20)23/h3-6,9-12,17-18,23H,2,7-8,13-16H2,1H3,(H,28,29). The van der Waals surface area contributed by atoms with E-state index in [4.69, 9.17) is 4.74 Å². The molecule has 0 bridgehead atoms. The highest BCUT2D eigenvalue weighted by atomic mass is 16.6. The maximum absolute atomic E-state index is 13.4. The molecule has 2 aromatic rings. The molecule has 162 valence electrons. The first-order valence-electron chi connectivity index (χ1n) is 11.5. The summed E-state index contributed by atoms with van der Waals surface area (Å²) in [5, 5.41) is 10.3. The van der Waals surface area contributed by atoms with E-state index < -0.39 is 17.6 Å². The highest BCUT2D eigenvalue weighted by Crippen LogP contribution is 2.48. The van der Waals surface area contributed by atoms with Gasteiger partial charge in [0.15, 0.2) is 0 Å². The number of ether oxygens (including phenoxy) is 1. The fourth-order valence-electron chi connectivity index (χ4n) is 5.94. The van der Waals surface area contributed by atoms with Gasteiger partial charge in [0, 0.05) is 12.0 Å². The van der Waals surface area contributed by atoms with Crippen molar-refractivity contribution in [1.29, 1.82) is 0 Å². The third kappa shape index (κ3) is 3.13. The van der Waals surface area contributed by atoms with E-state index in [1.54, 1.807) is 4.90 Å². The average molecular weight is 420 g/mol. The molecule has 0 heterocycles. The van der Waals surface area contributed by atoms with Gasteiger partial charge in [-0.2, -0.15) is 0 Å². The van der Waals surface area contributed by atoms with Gasteiger partial charge in [-0.1, -0.05) is 68.3 Å². The number of nitrogens with zero attached hydrogens (tertiary/aromatic N) is 1. The lowest BCUT2D eigenvalue weighted by atomic mass is 9.83. The van der Waals surface area contributed by atoms with Crippen LogP contribution in [0.3, 0.4) is 0 Å². The topological polar surface area (TPSA) is 66.8 Å². The third-order valence-corrected chi connectivity index (χ3v) is 7.52. The Morgan fingerprint density at radius 3 is 2.19 bits per heavy atom. The van der Waals surface area contributed by atoms with Crippen LogP contribution in [0.1, 0.15) is 62.5 Å². The molecule has 2 atom stereocenters. The Hall–Kier alpha value is -2.82. The summed E-state index contributed by atoms with van der Waals surface area (Å²) in [6.45, 7) is 2.25. The quantitative estimate of drug-likeness (QED) is 0.678. The summed E-state index contributed by atoms with van der Waals surface area (Å²) in [6, 6.07) is 16.5. The molecule has 2 fully saturated rings. The zero-order chi connectivity index (χ0) is 21.6. The summed E-state index contributed by atoms with van der Waals surface area (Å²) < 4.78 is 5.91. The molecule has 5 heteroatoms. The van der Waals surface area contributed by atoms with E-state index in [0.717, 1.165) is 43.2 Å². The van der Waals surface area contributed by atoms with Crippen LogP contribution in [0.2, 0.25) is 0 Å². The van der Waals surface area contributed by atoms with E-state index in [-0.39, 0.29) is 24.5 Å². The highest BCUT2D eigenvalue weighted by Gasteiger charge is 2.58. The van der Waals surface area contributed by atoms with Crippen molar-refractivity contribution in [2.24, 2.45) is 5.92 Å². The Balaban J connectivity index is 1.41. The number of carboxylic acid groups (broad SMARTS) is 1.